The van der Waals surface area contributed by atoms with Crippen LogP contribution in [0.2, 0.25) is 5.02 Å². The fourth-order valence-electron chi connectivity index (χ4n) is 2.70. The molecule has 164 valence electrons. The van der Waals surface area contributed by atoms with E-state index >= 15 is 0 Å². The standard InChI is InChI=1S/C20H16ClF3N2O4S/c21-17-9-8-14(20(22,23)24)11-18(17)31(28,29)26(12-16-7-4-10-30-16)13-19(27)25-15-5-2-1-3-6-15/h1-11H,12-13H2,(H,25,27). The van der Waals surface area contributed by atoms with E-state index in [4.69, 9.17) is 16.0 Å². The summed E-state index contributed by atoms with van der Waals surface area (Å²) in [7, 11) is -4.60. The summed E-state index contributed by atoms with van der Waals surface area (Å²) in [5.41, 5.74) is -0.748. The van der Waals surface area contributed by atoms with Crippen molar-refractivity contribution in [1.29, 1.82) is 0 Å². The van der Waals surface area contributed by atoms with Crippen LogP contribution in [0.25, 0.3) is 0 Å². The van der Waals surface area contributed by atoms with Crippen molar-refractivity contribution in [3.05, 3.63) is 83.3 Å². The van der Waals surface area contributed by atoms with Crippen LogP contribution in [0.4, 0.5) is 18.9 Å². The molecule has 0 fully saturated rings. The lowest BCUT2D eigenvalue weighted by molar-refractivity contribution is -0.137. The van der Waals surface area contributed by atoms with E-state index in [9.17, 15) is 26.4 Å². The number of carbonyl (C=O) groups is 1. The van der Waals surface area contributed by atoms with Gasteiger partial charge < -0.3 is 9.73 Å². The highest BCUT2D eigenvalue weighted by atomic mass is 35.5. The zero-order chi connectivity index (χ0) is 22.6. The number of nitrogens with zero attached hydrogens (tertiary/aromatic N) is 1. The average Bonchev–Trinajstić information content (AvgIpc) is 3.20. The van der Waals surface area contributed by atoms with E-state index in [0.717, 1.165) is 6.07 Å². The van der Waals surface area contributed by atoms with Crippen LogP contribution in [-0.4, -0.2) is 25.2 Å². The Labute approximate surface area is 181 Å². The van der Waals surface area contributed by atoms with Gasteiger partial charge in [0.05, 0.1) is 29.9 Å². The van der Waals surface area contributed by atoms with Gasteiger partial charge in [-0.05, 0) is 42.5 Å². The molecule has 3 rings (SSSR count). The predicted molar refractivity (Wildman–Crippen MR) is 108 cm³/mol. The Kier molecular flexibility index (Phi) is 6.73. The summed E-state index contributed by atoms with van der Waals surface area (Å²) in [6.45, 7) is -1.06. The molecule has 6 nitrogen and oxygen atoms in total. The van der Waals surface area contributed by atoms with Crippen molar-refractivity contribution in [1.82, 2.24) is 4.31 Å². The molecule has 1 N–H and O–H groups in total. The van der Waals surface area contributed by atoms with Crippen molar-refractivity contribution in [2.45, 2.75) is 17.6 Å². The largest absolute Gasteiger partial charge is 0.468 e. The third kappa shape index (κ3) is 5.66. The molecule has 0 atom stereocenters. The molecule has 3 aromatic rings. The zero-order valence-electron chi connectivity index (χ0n) is 15.8. The monoisotopic (exact) mass is 472 g/mol. The molecule has 1 heterocycles. The summed E-state index contributed by atoms with van der Waals surface area (Å²) in [4.78, 5) is 11.7. The molecule has 0 saturated carbocycles. The Morgan fingerprint density at radius 3 is 2.39 bits per heavy atom. The molecule has 0 saturated heterocycles. The van der Waals surface area contributed by atoms with E-state index in [2.05, 4.69) is 5.32 Å². The number of hydrogen-bond donors (Lipinski definition) is 1. The number of sulfonamides is 1. The van der Waals surface area contributed by atoms with Gasteiger partial charge in [-0.3, -0.25) is 4.79 Å². The van der Waals surface area contributed by atoms with Crippen molar-refractivity contribution >= 4 is 33.2 Å². The Morgan fingerprint density at radius 2 is 1.77 bits per heavy atom. The van der Waals surface area contributed by atoms with Crippen molar-refractivity contribution in [3.8, 4) is 0 Å². The topological polar surface area (TPSA) is 79.6 Å². The lowest BCUT2D eigenvalue weighted by Crippen LogP contribution is -2.37. The summed E-state index contributed by atoms with van der Waals surface area (Å²) in [5, 5.41) is 2.14. The quantitative estimate of drug-likeness (QED) is 0.536. The summed E-state index contributed by atoms with van der Waals surface area (Å²) >= 11 is 5.93. The molecular weight excluding hydrogens is 457 g/mol. The van der Waals surface area contributed by atoms with Crippen LogP contribution in [0.3, 0.4) is 0 Å². The number of rotatable bonds is 7. The summed E-state index contributed by atoms with van der Waals surface area (Å²) < 4.78 is 71.6. The zero-order valence-corrected chi connectivity index (χ0v) is 17.3. The van der Waals surface area contributed by atoms with Crippen molar-refractivity contribution in [3.63, 3.8) is 0 Å². The number of halogens is 4. The minimum absolute atomic E-state index is 0.194. The number of para-hydroxylation sites is 1. The Hall–Kier alpha value is -2.82. The minimum atomic E-state index is -4.77. The van der Waals surface area contributed by atoms with E-state index in [1.165, 1.54) is 18.4 Å². The fraction of sp³-hybridized carbons (Fsp3) is 0.150. The van der Waals surface area contributed by atoms with E-state index in [0.29, 0.717) is 22.1 Å². The Balaban J connectivity index is 1.95. The van der Waals surface area contributed by atoms with Crippen molar-refractivity contribution in [2.75, 3.05) is 11.9 Å². The molecule has 0 radical (unpaired) electrons. The van der Waals surface area contributed by atoms with Crippen molar-refractivity contribution < 1.29 is 30.8 Å². The summed E-state index contributed by atoms with van der Waals surface area (Å²) in [6.07, 6.45) is -3.47. The van der Waals surface area contributed by atoms with Gasteiger partial charge in [-0.1, -0.05) is 29.8 Å². The molecule has 1 amide bonds. The maximum atomic E-state index is 13.2. The second-order valence-corrected chi connectivity index (χ2v) is 8.72. The van der Waals surface area contributed by atoms with Gasteiger partial charge in [-0.2, -0.15) is 17.5 Å². The highest BCUT2D eigenvalue weighted by Crippen LogP contribution is 2.34. The van der Waals surface area contributed by atoms with Crippen LogP contribution < -0.4 is 5.32 Å². The maximum Gasteiger partial charge on any atom is 0.416 e. The van der Waals surface area contributed by atoms with E-state index in [1.807, 2.05) is 0 Å². The first kappa shape index (κ1) is 22.9. The first-order valence-corrected chi connectivity index (χ1v) is 10.6. The molecule has 0 aliphatic carbocycles. The van der Waals surface area contributed by atoms with Crippen LogP contribution in [0.15, 0.2) is 76.2 Å². The molecule has 2 aromatic carbocycles. The van der Waals surface area contributed by atoms with Crippen LogP contribution in [0.1, 0.15) is 11.3 Å². The SMILES string of the molecule is O=C(CN(Cc1ccco1)S(=O)(=O)c1cc(C(F)(F)F)ccc1Cl)Nc1ccccc1. The van der Waals surface area contributed by atoms with Gasteiger partial charge in [0.1, 0.15) is 10.7 Å². The van der Waals surface area contributed by atoms with Gasteiger partial charge >= 0.3 is 6.18 Å². The number of alkyl halides is 3. The Morgan fingerprint density at radius 1 is 1.06 bits per heavy atom. The van der Waals surface area contributed by atoms with E-state index < -0.39 is 44.1 Å². The third-order valence-electron chi connectivity index (χ3n) is 4.17. The van der Waals surface area contributed by atoms with Gasteiger partial charge in [0.15, 0.2) is 0 Å². The lowest BCUT2D eigenvalue weighted by Gasteiger charge is -2.22. The summed E-state index contributed by atoms with van der Waals surface area (Å²) in [5.74, 6) is -0.497. The van der Waals surface area contributed by atoms with Crippen molar-refractivity contribution in [2.24, 2.45) is 0 Å². The van der Waals surface area contributed by atoms with E-state index in [1.54, 1.807) is 30.3 Å². The number of benzene rings is 2. The van der Waals surface area contributed by atoms with Crippen LogP contribution in [-0.2, 0) is 27.5 Å². The first-order valence-electron chi connectivity index (χ1n) is 8.81. The number of amides is 1. The van der Waals surface area contributed by atoms with Gasteiger partial charge in [-0.25, -0.2) is 8.42 Å². The first-order chi connectivity index (χ1) is 14.6. The molecule has 31 heavy (non-hydrogen) atoms. The maximum absolute atomic E-state index is 13.2. The van der Waals surface area contributed by atoms with Gasteiger partial charge in [0.2, 0.25) is 15.9 Å². The smallest absolute Gasteiger partial charge is 0.416 e. The van der Waals surface area contributed by atoms with Gasteiger partial charge in [-0.15, -0.1) is 0 Å². The lowest BCUT2D eigenvalue weighted by atomic mass is 10.2. The number of hydrogen-bond acceptors (Lipinski definition) is 4. The number of carbonyl (C=O) groups excluding carboxylic acids is 1. The normalized spacial score (nSPS) is 12.2. The second kappa shape index (κ2) is 9.13. The number of furan rings is 1. The number of nitrogens with one attached hydrogen (secondary N) is 1. The molecule has 0 aliphatic heterocycles. The molecule has 0 bridgehead atoms. The second-order valence-electron chi connectivity index (χ2n) is 6.41. The van der Waals surface area contributed by atoms with Crippen LogP contribution in [0.5, 0.6) is 0 Å². The van der Waals surface area contributed by atoms with E-state index in [-0.39, 0.29) is 12.3 Å². The molecule has 0 spiro atoms. The third-order valence-corrected chi connectivity index (χ3v) is 6.44. The molecular formula is C20H16ClF3N2O4S. The highest BCUT2D eigenvalue weighted by Gasteiger charge is 2.35. The highest BCUT2D eigenvalue weighted by molar-refractivity contribution is 7.89. The van der Waals surface area contributed by atoms with Crippen LogP contribution in [0, 0.1) is 0 Å². The summed E-state index contributed by atoms with van der Waals surface area (Å²) in [6, 6.07) is 13.3. The van der Waals surface area contributed by atoms with Gasteiger partial charge in [0.25, 0.3) is 0 Å². The number of anilines is 1. The molecule has 1 aromatic heterocycles. The molecule has 11 heteroatoms. The van der Waals surface area contributed by atoms with Gasteiger partial charge in [0, 0.05) is 5.69 Å². The molecule has 0 aliphatic rings. The Bertz CT molecular complexity index is 1150. The van der Waals surface area contributed by atoms with Crippen LogP contribution >= 0.6 is 11.6 Å². The fourth-order valence-corrected chi connectivity index (χ4v) is 4.56. The predicted octanol–water partition coefficient (Wildman–Crippen LogP) is 4.78. The molecule has 0 unspecified atom stereocenters. The average molecular weight is 473 g/mol. The minimum Gasteiger partial charge on any atom is -0.468 e.